The van der Waals surface area contributed by atoms with Crippen LogP contribution in [0, 0.1) is 27.9 Å². The lowest BCUT2D eigenvalue weighted by molar-refractivity contribution is -0.532. The molecule has 0 spiro atoms. The molecule has 2 fully saturated rings. The molecule has 3 atom stereocenters. The second kappa shape index (κ2) is 8.95. The van der Waals surface area contributed by atoms with E-state index in [2.05, 4.69) is 5.32 Å². The summed E-state index contributed by atoms with van der Waals surface area (Å²) in [6.45, 7) is 0. The van der Waals surface area contributed by atoms with Gasteiger partial charge >= 0.3 is 11.9 Å². The van der Waals surface area contributed by atoms with Gasteiger partial charge in [-0.2, -0.15) is 0 Å². The average molecular weight is 370 g/mol. The molecule has 0 saturated heterocycles. The Hall–Kier alpha value is -2.19. The molecular weight excluding hydrogens is 344 g/mol. The molecule has 3 N–H and O–H groups in total. The van der Waals surface area contributed by atoms with Gasteiger partial charge in [0.25, 0.3) is 0 Å². The minimum atomic E-state index is -1.13. The molecule has 0 radical (unpaired) electrons. The molecule has 0 bridgehead atoms. The topological polar surface area (TPSA) is 147 Å². The first-order valence-corrected chi connectivity index (χ1v) is 9.18. The first-order valence-electron chi connectivity index (χ1n) is 9.18. The number of carbonyl (C=O) groups excluding carboxylic acids is 1. The minimum Gasteiger partial charge on any atom is -0.481 e. The van der Waals surface area contributed by atoms with E-state index in [9.17, 15) is 29.6 Å². The van der Waals surface area contributed by atoms with Gasteiger partial charge in [0.1, 0.15) is 5.92 Å². The van der Waals surface area contributed by atoms with E-state index >= 15 is 0 Å². The van der Waals surface area contributed by atoms with Gasteiger partial charge in [-0.25, -0.2) is 0 Å². The Kier molecular flexibility index (Phi) is 6.93. The van der Waals surface area contributed by atoms with E-state index in [1.54, 1.807) is 0 Å². The Morgan fingerprint density at radius 1 is 1.04 bits per heavy atom. The van der Waals surface area contributed by atoms with Crippen LogP contribution in [0.25, 0.3) is 0 Å². The fourth-order valence-electron chi connectivity index (χ4n) is 4.29. The number of aliphatic carboxylic acids is 2. The van der Waals surface area contributed by atoms with Crippen LogP contribution in [0.15, 0.2) is 0 Å². The van der Waals surface area contributed by atoms with E-state index in [1.807, 2.05) is 0 Å². The van der Waals surface area contributed by atoms with Crippen molar-refractivity contribution in [1.29, 1.82) is 0 Å². The first-order chi connectivity index (χ1) is 12.3. The van der Waals surface area contributed by atoms with Crippen LogP contribution >= 0.6 is 0 Å². The Balaban J connectivity index is 1.87. The maximum atomic E-state index is 12.5. The van der Waals surface area contributed by atoms with Gasteiger partial charge in [0.15, 0.2) is 0 Å². The van der Waals surface area contributed by atoms with E-state index in [0.29, 0.717) is 38.5 Å². The zero-order valence-corrected chi connectivity index (χ0v) is 14.6. The van der Waals surface area contributed by atoms with E-state index in [0.717, 1.165) is 12.8 Å². The van der Waals surface area contributed by atoms with E-state index in [1.165, 1.54) is 0 Å². The quantitative estimate of drug-likeness (QED) is 0.456. The monoisotopic (exact) mass is 370 g/mol. The van der Waals surface area contributed by atoms with E-state index < -0.39 is 36.2 Å². The normalized spacial score (nSPS) is 30.2. The Morgan fingerprint density at radius 2 is 1.65 bits per heavy atom. The van der Waals surface area contributed by atoms with Crippen molar-refractivity contribution in [3.63, 3.8) is 0 Å². The van der Waals surface area contributed by atoms with Crippen LogP contribution in [-0.4, -0.2) is 45.1 Å². The number of hydrogen-bond acceptors (Lipinski definition) is 5. The summed E-state index contributed by atoms with van der Waals surface area (Å²) in [5, 5.41) is 32.2. The molecule has 0 aromatic heterocycles. The summed E-state index contributed by atoms with van der Waals surface area (Å²) < 4.78 is 0. The molecule has 2 rings (SSSR count). The summed E-state index contributed by atoms with van der Waals surface area (Å²) in [5.41, 5.74) is 0. The summed E-state index contributed by atoms with van der Waals surface area (Å²) in [7, 11) is 0. The van der Waals surface area contributed by atoms with Crippen molar-refractivity contribution >= 4 is 17.8 Å². The van der Waals surface area contributed by atoms with Crippen molar-refractivity contribution < 1.29 is 29.5 Å². The first kappa shape index (κ1) is 20.1. The number of nitro groups is 1. The van der Waals surface area contributed by atoms with Gasteiger partial charge in [-0.05, 0) is 44.4 Å². The van der Waals surface area contributed by atoms with Crippen LogP contribution in [0.5, 0.6) is 0 Å². The number of hydrogen-bond donors (Lipinski definition) is 3. The smallest absolute Gasteiger partial charge is 0.307 e. The van der Waals surface area contributed by atoms with Gasteiger partial charge in [-0.3, -0.25) is 24.5 Å². The Bertz CT molecular complexity index is 557. The number of carboxylic acid groups (broad SMARTS) is 2. The van der Waals surface area contributed by atoms with Crippen molar-refractivity contribution in [2.24, 2.45) is 17.8 Å². The molecule has 1 amide bonds. The summed E-state index contributed by atoms with van der Waals surface area (Å²) in [4.78, 5) is 45.4. The molecule has 2 saturated carbocycles. The van der Waals surface area contributed by atoms with Crippen LogP contribution in [0.2, 0.25) is 0 Å². The molecule has 0 aromatic rings. The van der Waals surface area contributed by atoms with Crippen LogP contribution in [0.4, 0.5) is 0 Å². The number of rotatable bonds is 7. The van der Waals surface area contributed by atoms with E-state index in [4.69, 9.17) is 5.11 Å². The third-order valence-electron chi connectivity index (χ3n) is 5.74. The SMILES string of the molecule is O=C(O)CC(C(=O)O)C1CCC(NC(=O)C2CCCCC2[N+](=O)[O-])CC1. The molecule has 0 aliphatic heterocycles. The summed E-state index contributed by atoms with van der Waals surface area (Å²) in [6, 6.07) is -0.959. The van der Waals surface area contributed by atoms with Crippen molar-refractivity contribution in [3.8, 4) is 0 Å². The van der Waals surface area contributed by atoms with Gasteiger partial charge in [-0.1, -0.05) is 6.42 Å². The van der Waals surface area contributed by atoms with Crippen molar-refractivity contribution in [1.82, 2.24) is 5.32 Å². The lowest BCUT2D eigenvalue weighted by Crippen LogP contribution is -2.47. The third kappa shape index (κ3) is 5.15. The number of carbonyl (C=O) groups is 3. The molecule has 2 aliphatic rings. The summed E-state index contributed by atoms with van der Waals surface area (Å²) in [5.74, 6) is -4.25. The third-order valence-corrected chi connectivity index (χ3v) is 5.74. The highest BCUT2D eigenvalue weighted by Gasteiger charge is 2.40. The maximum Gasteiger partial charge on any atom is 0.307 e. The maximum absolute atomic E-state index is 12.5. The lowest BCUT2D eigenvalue weighted by Gasteiger charge is -2.33. The molecular formula is C17H26N2O7. The second-order valence-electron chi connectivity index (χ2n) is 7.41. The van der Waals surface area contributed by atoms with Crippen LogP contribution in [-0.2, 0) is 14.4 Å². The molecule has 146 valence electrons. The fraction of sp³-hybridized carbons (Fsp3) is 0.824. The molecule has 9 heteroatoms. The predicted octanol–water partition coefficient (Wildman–Crippen LogP) is 1.67. The molecule has 0 aromatic carbocycles. The largest absolute Gasteiger partial charge is 0.481 e. The van der Waals surface area contributed by atoms with E-state index in [-0.39, 0.29) is 22.8 Å². The average Bonchev–Trinajstić information content (AvgIpc) is 2.60. The molecule has 0 heterocycles. The molecule has 9 nitrogen and oxygen atoms in total. The number of carboxylic acids is 2. The molecule has 26 heavy (non-hydrogen) atoms. The molecule has 2 aliphatic carbocycles. The van der Waals surface area contributed by atoms with Crippen LogP contribution < -0.4 is 5.32 Å². The van der Waals surface area contributed by atoms with Crippen LogP contribution in [0.1, 0.15) is 57.8 Å². The zero-order chi connectivity index (χ0) is 19.3. The Labute approximate surface area is 151 Å². The standard InChI is InChI=1S/C17H26N2O7/c20-15(21)9-13(17(23)24)10-5-7-11(8-6-10)18-16(22)12-3-1-2-4-14(12)19(25)26/h10-14H,1-9H2,(H,18,22)(H,20,21)(H,23,24). The fourth-order valence-corrected chi connectivity index (χ4v) is 4.29. The second-order valence-corrected chi connectivity index (χ2v) is 7.41. The summed E-state index contributed by atoms with van der Waals surface area (Å²) in [6.07, 6.45) is 4.30. The van der Waals surface area contributed by atoms with Crippen molar-refractivity contribution in [2.45, 2.75) is 69.9 Å². The highest BCUT2D eigenvalue weighted by molar-refractivity contribution is 5.80. The van der Waals surface area contributed by atoms with Crippen molar-refractivity contribution in [2.75, 3.05) is 0 Å². The number of nitrogens with zero attached hydrogens (tertiary/aromatic N) is 1. The zero-order valence-electron chi connectivity index (χ0n) is 14.6. The van der Waals surface area contributed by atoms with Gasteiger partial charge in [0.2, 0.25) is 11.9 Å². The van der Waals surface area contributed by atoms with Crippen LogP contribution in [0.3, 0.4) is 0 Å². The highest BCUT2D eigenvalue weighted by atomic mass is 16.6. The van der Waals surface area contributed by atoms with Gasteiger partial charge in [-0.15, -0.1) is 0 Å². The van der Waals surface area contributed by atoms with Gasteiger partial charge in [0, 0.05) is 17.4 Å². The molecule has 3 unspecified atom stereocenters. The summed E-state index contributed by atoms with van der Waals surface area (Å²) >= 11 is 0. The lowest BCUT2D eigenvalue weighted by atomic mass is 9.76. The number of amides is 1. The number of nitrogens with one attached hydrogen (secondary N) is 1. The Morgan fingerprint density at radius 3 is 2.19 bits per heavy atom. The van der Waals surface area contributed by atoms with Gasteiger partial charge < -0.3 is 15.5 Å². The van der Waals surface area contributed by atoms with Gasteiger partial charge in [0.05, 0.1) is 12.3 Å². The van der Waals surface area contributed by atoms with Crippen molar-refractivity contribution in [3.05, 3.63) is 10.1 Å². The highest BCUT2D eigenvalue weighted by Crippen LogP contribution is 2.33. The minimum absolute atomic E-state index is 0.132. The predicted molar refractivity (Wildman–Crippen MR) is 90.0 cm³/mol.